The smallest absolute Gasteiger partial charge is 0.408 e. The minimum atomic E-state index is -0.520. The lowest BCUT2D eigenvalue weighted by molar-refractivity contribution is -0.282. The molecule has 2 aliphatic rings. The number of likely N-dealkylation sites (tertiary alicyclic amines) is 1. The highest BCUT2D eigenvalue weighted by molar-refractivity contribution is 5.79. The normalized spacial score (nSPS) is 20.6. The average molecular weight is 332 g/mol. The molecule has 3 heterocycles. The van der Waals surface area contributed by atoms with Crippen molar-refractivity contribution in [2.24, 2.45) is 0 Å². The fourth-order valence-corrected chi connectivity index (χ4v) is 3.40. The number of ether oxygens (including phenoxy) is 2. The van der Waals surface area contributed by atoms with Crippen LogP contribution >= 0.6 is 0 Å². The molecule has 2 saturated heterocycles. The summed E-state index contributed by atoms with van der Waals surface area (Å²) in [5, 5.41) is 0. The predicted octanol–water partition coefficient (Wildman–Crippen LogP) is 1.35. The summed E-state index contributed by atoms with van der Waals surface area (Å²) < 4.78 is 18.1. The molecule has 7 heteroatoms. The number of carbonyl (C=O) groups excluding carboxylic acids is 1. The van der Waals surface area contributed by atoms with Gasteiger partial charge in [-0.25, -0.2) is 4.79 Å². The quantitative estimate of drug-likeness (QED) is 0.830. The summed E-state index contributed by atoms with van der Waals surface area (Å²) in [4.78, 5) is 26.3. The fraction of sp³-hybridized carbons (Fsp3) is 0.529. The molecule has 0 bridgehead atoms. The van der Waals surface area contributed by atoms with Gasteiger partial charge in [0.2, 0.25) is 5.91 Å². The molecule has 128 valence electrons. The Morgan fingerprint density at radius 1 is 1.12 bits per heavy atom. The van der Waals surface area contributed by atoms with Gasteiger partial charge >= 0.3 is 5.76 Å². The molecule has 0 radical (unpaired) electrons. The van der Waals surface area contributed by atoms with Gasteiger partial charge in [-0.15, -0.1) is 0 Å². The van der Waals surface area contributed by atoms with Crippen molar-refractivity contribution in [2.75, 3.05) is 26.3 Å². The first-order valence-corrected chi connectivity index (χ1v) is 8.31. The Bertz CT molecular complexity index is 793. The number of hydrogen-bond donors (Lipinski definition) is 0. The molecule has 0 N–H and O–H groups in total. The molecule has 2 fully saturated rings. The number of nitrogens with zero attached hydrogens (tertiary/aromatic N) is 2. The number of carbonyl (C=O) groups is 1. The van der Waals surface area contributed by atoms with E-state index in [1.54, 1.807) is 23.1 Å². The Hall–Kier alpha value is -2.12. The van der Waals surface area contributed by atoms with Gasteiger partial charge in [-0.1, -0.05) is 12.1 Å². The van der Waals surface area contributed by atoms with Crippen LogP contribution in [-0.2, 0) is 20.8 Å². The molecule has 0 unspecified atom stereocenters. The van der Waals surface area contributed by atoms with Crippen LogP contribution in [0.4, 0.5) is 0 Å². The van der Waals surface area contributed by atoms with E-state index in [9.17, 15) is 9.59 Å². The van der Waals surface area contributed by atoms with Crippen molar-refractivity contribution in [1.82, 2.24) is 9.47 Å². The molecule has 1 aromatic carbocycles. The second-order valence-electron chi connectivity index (χ2n) is 6.26. The van der Waals surface area contributed by atoms with Crippen LogP contribution in [0.25, 0.3) is 11.1 Å². The van der Waals surface area contributed by atoms with Gasteiger partial charge in [0.15, 0.2) is 11.4 Å². The first kappa shape index (κ1) is 15.4. The zero-order valence-electron chi connectivity index (χ0n) is 13.4. The molecule has 0 aliphatic carbocycles. The molecule has 4 rings (SSSR count). The molecule has 7 nitrogen and oxygen atoms in total. The lowest BCUT2D eigenvalue weighted by atomic mass is 10.0. The summed E-state index contributed by atoms with van der Waals surface area (Å²) in [6.07, 6.45) is 2.25. The predicted molar refractivity (Wildman–Crippen MR) is 85.5 cm³/mol. The third kappa shape index (κ3) is 2.74. The van der Waals surface area contributed by atoms with Gasteiger partial charge < -0.3 is 18.8 Å². The largest absolute Gasteiger partial charge is 0.420 e. The van der Waals surface area contributed by atoms with Crippen molar-refractivity contribution in [3.8, 4) is 0 Å². The Balaban J connectivity index is 1.45. The number of para-hydroxylation sites is 2. The minimum absolute atomic E-state index is 0.00936. The van der Waals surface area contributed by atoms with Crippen LogP contribution in [0, 0.1) is 0 Å². The Morgan fingerprint density at radius 3 is 2.58 bits per heavy atom. The van der Waals surface area contributed by atoms with E-state index >= 15 is 0 Å². The maximum atomic E-state index is 12.6. The molecule has 0 saturated carbocycles. The second-order valence-corrected chi connectivity index (χ2v) is 6.26. The Labute approximate surface area is 138 Å². The van der Waals surface area contributed by atoms with E-state index in [-0.39, 0.29) is 12.5 Å². The van der Waals surface area contributed by atoms with Crippen LogP contribution in [0.15, 0.2) is 33.5 Å². The molecule has 1 amide bonds. The number of amides is 1. The summed E-state index contributed by atoms with van der Waals surface area (Å²) in [5.41, 5.74) is 1.14. The van der Waals surface area contributed by atoms with E-state index in [1.807, 2.05) is 6.07 Å². The van der Waals surface area contributed by atoms with Crippen LogP contribution in [-0.4, -0.2) is 47.5 Å². The van der Waals surface area contributed by atoms with Crippen molar-refractivity contribution >= 4 is 17.0 Å². The molecule has 0 atom stereocenters. The molecular weight excluding hydrogens is 312 g/mol. The van der Waals surface area contributed by atoms with E-state index in [0.717, 1.165) is 6.42 Å². The van der Waals surface area contributed by atoms with E-state index in [2.05, 4.69) is 0 Å². The van der Waals surface area contributed by atoms with Gasteiger partial charge in [0.25, 0.3) is 0 Å². The molecule has 1 spiro atoms. The number of aromatic nitrogens is 1. The molecule has 2 aromatic rings. The monoisotopic (exact) mass is 332 g/mol. The van der Waals surface area contributed by atoms with E-state index in [0.29, 0.717) is 50.2 Å². The highest BCUT2D eigenvalue weighted by atomic mass is 16.7. The first-order valence-electron chi connectivity index (χ1n) is 8.31. The standard InChI is InChI=1S/C17H20N2O5/c20-15(12-19-13-4-1-2-5-14(13)24-16(19)21)18-8-6-17(7-9-18)22-10-3-11-23-17/h1-2,4-5H,3,6-12H2. The Kier molecular flexibility index (Phi) is 3.90. The van der Waals surface area contributed by atoms with Crippen molar-refractivity contribution < 1.29 is 18.7 Å². The van der Waals surface area contributed by atoms with E-state index in [1.165, 1.54) is 4.57 Å². The lowest BCUT2D eigenvalue weighted by Crippen LogP contribution is -2.52. The van der Waals surface area contributed by atoms with Crippen LogP contribution in [0.2, 0.25) is 0 Å². The van der Waals surface area contributed by atoms with Crippen LogP contribution in [0.5, 0.6) is 0 Å². The summed E-state index contributed by atoms with van der Waals surface area (Å²) >= 11 is 0. The maximum Gasteiger partial charge on any atom is 0.420 e. The molecule has 1 aromatic heterocycles. The number of hydrogen-bond acceptors (Lipinski definition) is 5. The van der Waals surface area contributed by atoms with Gasteiger partial charge in [0.05, 0.1) is 18.7 Å². The van der Waals surface area contributed by atoms with Crippen LogP contribution in [0.3, 0.4) is 0 Å². The maximum absolute atomic E-state index is 12.6. The van der Waals surface area contributed by atoms with Crippen molar-refractivity contribution in [3.63, 3.8) is 0 Å². The SMILES string of the molecule is O=C(Cn1c(=O)oc2ccccc21)N1CCC2(CC1)OCCCO2. The van der Waals surface area contributed by atoms with Gasteiger partial charge in [0, 0.05) is 25.9 Å². The topological polar surface area (TPSA) is 73.9 Å². The first-order chi connectivity index (χ1) is 11.7. The highest BCUT2D eigenvalue weighted by Gasteiger charge is 2.39. The Morgan fingerprint density at radius 2 is 1.83 bits per heavy atom. The number of benzene rings is 1. The highest BCUT2D eigenvalue weighted by Crippen LogP contribution is 2.30. The number of piperidine rings is 1. The van der Waals surface area contributed by atoms with E-state index in [4.69, 9.17) is 13.9 Å². The summed E-state index contributed by atoms with van der Waals surface area (Å²) in [5.74, 6) is -1.11. The van der Waals surface area contributed by atoms with E-state index < -0.39 is 11.5 Å². The van der Waals surface area contributed by atoms with Gasteiger partial charge in [-0.2, -0.15) is 0 Å². The lowest BCUT2D eigenvalue weighted by Gasteiger charge is -2.43. The molecular formula is C17H20N2O5. The van der Waals surface area contributed by atoms with Crippen LogP contribution < -0.4 is 5.76 Å². The zero-order valence-corrected chi connectivity index (χ0v) is 13.4. The number of rotatable bonds is 2. The number of oxazole rings is 1. The summed E-state index contributed by atoms with van der Waals surface area (Å²) in [6.45, 7) is 2.56. The van der Waals surface area contributed by atoms with Crippen molar-refractivity contribution in [2.45, 2.75) is 31.6 Å². The van der Waals surface area contributed by atoms with Crippen molar-refractivity contribution in [1.29, 1.82) is 0 Å². The van der Waals surface area contributed by atoms with Gasteiger partial charge in [0.1, 0.15) is 6.54 Å². The van der Waals surface area contributed by atoms with Gasteiger partial charge in [-0.05, 0) is 18.6 Å². The van der Waals surface area contributed by atoms with Crippen LogP contribution in [0.1, 0.15) is 19.3 Å². The van der Waals surface area contributed by atoms with Gasteiger partial charge in [-0.3, -0.25) is 9.36 Å². The minimum Gasteiger partial charge on any atom is -0.408 e. The molecule has 24 heavy (non-hydrogen) atoms. The fourth-order valence-electron chi connectivity index (χ4n) is 3.40. The summed E-state index contributed by atoms with van der Waals surface area (Å²) in [7, 11) is 0. The summed E-state index contributed by atoms with van der Waals surface area (Å²) in [6, 6.07) is 7.12. The average Bonchev–Trinajstić information content (AvgIpc) is 2.92. The third-order valence-corrected chi connectivity index (χ3v) is 4.76. The third-order valence-electron chi connectivity index (χ3n) is 4.76. The second kappa shape index (κ2) is 6.07. The van der Waals surface area contributed by atoms with Crippen molar-refractivity contribution in [3.05, 3.63) is 34.8 Å². The molecule has 2 aliphatic heterocycles. The zero-order chi connectivity index (χ0) is 16.6. The number of fused-ring (bicyclic) bond motifs is 1.